The highest BCUT2D eigenvalue weighted by atomic mass is 32.1. The van der Waals surface area contributed by atoms with Gasteiger partial charge >= 0.3 is 6.03 Å². The number of carbonyl (C=O) groups excluding carboxylic acids is 3. The van der Waals surface area contributed by atoms with E-state index in [-0.39, 0.29) is 18.4 Å². The molecular formula is C26H28N4O3S. The Bertz CT molecular complexity index is 1180. The quantitative estimate of drug-likeness (QED) is 0.546. The van der Waals surface area contributed by atoms with Crippen molar-refractivity contribution in [2.24, 2.45) is 0 Å². The first-order chi connectivity index (χ1) is 16.5. The maximum Gasteiger partial charge on any atom is 0.320 e. The first-order valence-corrected chi connectivity index (χ1v) is 12.2. The van der Waals surface area contributed by atoms with E-state index in [2.05, 4.69) is 10.6 Å². The van der Waals surface area contributed by atoms with Gasteiger partial charge in [0.2, 0.25) is 11.8 Å². The summed E-state index contributed by atoms with van der Waals surface area (Å²) in [7, 11) is 0. The Kier molecular flexibility index (Phi) is 7.27. The molecule has 8 heteroatoms. The maximum atomic E-state index is 13.6. The Morgan fingerprint density at radius 3 is 2.53 bits per heavy atom. The lowest BCUT2D eigenvalue weighted by molar-refractivity contribution is -0.124. The van der Waals surface area contributed by atoms with Gasteiger partial charge < -0.3 is 10.2 Å². The molecule has 1 aliphatic rings. The number of urea groups is 1. The molecule has 34 heavy (non-hydrogen) atoms. The van der Waals surface area contributed by atoms with Crippen molar-refractivity contribution >= 4 is 45.6 Å². The van der Waals surface area contributed by atoms with Crippen LogP contribution < -0.4 is 20.4 Å². The SMILES string of the molecule is Cc1ccsc1NC(=O)NCC(=O)N(c1ccccc1)C(C)C(=O)N1CCCc2ccccc21. The first-order valence-electron chi connectivity index (χ1n) is 11.3. The van der Waals surface area contributed by atoms with Crippen LogP contribution >= 0.6 is 11.3 Å². The lowest BCUT2D eigenvalue weighted by Gasteiger charge is -2.35. The monoisotopic (exact) mass is 476 g/mol. The van der Waals surface area contributed by atoms with Crippen LogP contribution in [0.2, 0.25) is 0 Å². The third-order valence-corrected chi connectivity index (χ3v) is 6.85. The number of carbonyl (C=O) groups is 3. The number of benzene rings is 2. The van der Waals surface area contributed by atoms with E-state index >= 15 is 0 Å². The number of anilines is 3. The number of para-hydroxylation sites is 2. The summed E-state index contributed by atoms with van der Waals surface area (Å²) >= 11 is 1.42. The molecule has 0 saturated heterocycles. The fraction of sp³-hybridized carbons (Fsp3) is 0.269. The highest BCUT2D eigenvalue weighted by Crippen LogP contribution is 2.29. The molecule has 4 amide bonds. The van der Waals surface area contributed by atoms with Crippen molar-refractivity contribution in [3.8, 4) is 0 Å². The second-order valence-corrected chi connectivity index (χ2v) is 9.15. The summed E-state index contributed by atoms with van der Waals surface area (Å²) in [5.41, 5.74) is 3.59. The fourth-order valence-electron chi connectivity index (χ4n) is 4.16. The molecule has 0 spiro atoms. The number of rotatable bonds is 6. The number of nitrogens with zero attached hydrogens (tertiary/aromatic N) is 2. The third kappa shape index (κ3) is 5.12. The zero-order valence-corrected chi connectivity index (χ0v) is 20.1. The second kappa shape index (κ2) is 10.5. The number of hydrogen-bond donors (Lipinski definition) is 2. The fourth-order valence-corrected chi connectivity index (χ4v) is 4.97. The molecule has 0 bridgehead atoms. The molecule has 176 valence electrons. The molecule has 2 N–H and O–H groups in total. The van der Waals surface area contributed by atoms with E-state index in [0.29, 0.717) is 12.2 Å². The molecule has 1 unspecified atom stereocenters. The number of aryl methyl sites for hydroxylation is 2. The number of hydrogen-bond acceptors (Lipinski definition) is 4. The molecule has 3 aromatic rings. The number of nitrogens with one attached hydrogen (secondary N) is 2. The van der Waals surface area contributed by atoms with Crippen LogP contribution in [0.3, 0.4) is 0 Å². The summed E-state index contributed by atoms with van der Waals surface area (Å²) in [6.45, 7) is 4.01. The lowest BCUT2D eigenvalue weighted by atomic mass is 10.0. The van der Waals surface area contributed by atoms with Crippen molar-refractivity contribution in [1.29, 1.82) is 0 Å². The zero-order valence-electron chi connectivity index (χ0n) is 19.3. The van der Waals surface area contributed by atoms with Gasteiger partial charge in [0.05, 0.1) is 11.5 Å². The van der Waals surface area contributed by atoms with Crippen molar-refractivity contribution in [2.75, 3.05) is 28.2 Å². The molecule has 2 heterocycles. The average Bonchev–Trinajstić information content (AvgIpc) is 3.26. The summed E-state index contributed by atoms with van der Waals surface area (Å²) < 4.78 is 0. The third-order valence-electron chi connectivity index (χ3n) is 5.91. The Morgan fingerprint density at radius 2 is 1.79 bits per heavy atom. The van der Waals surface area contributed by atoms with Crippen molar-refractivity contribution in [2.45, 2.75) is 32.7 Å². The van der Waals surface area contributed by atoms with Gasteiger partial charge in [-0.3, -0.25) is 19.8 Å². The Morgan fingerprint density at radius 1 is 1.06 bits per heavy atom. The summed E-state index contributed by atoms with van der Waals surface area (Å²) in [6.07, 6.45) is 1.80. The largest absolute Gasteiger partial charge is 0.329 e. The molecule has 0 aliphatic carbocycles. The normalized spacial score (nSPS) is 13.5. The van der Waals surface area contributed by atoms with E-state index < -0.39 is 12.1 Å². The Hall–Kier alpha value is -3.65. The molecule has 1 aromatic heterocycles. The van der Waals surface area contributed by atoms with Crippen LogP contribution in [0.4, 0.5) is 21.2 Å². The maximum absolute atomic E-state index is 13.6. The van der Waals surface area contributed by atoms with Crippen LogP contribution in [0.1, 0.15) is 24.5 Å². The van der Waals surface area contributed by atoms with Crippen LogP contribution in [0.25, 0.3) is 0 Å². The van der Waals surface area contributed by atoms with E-state index in [9.17, 15) is 14.4 Å². The van der Waals surface area contributed by atoms with E-state index in [1.54, 1.807) is 24.0 Å². The van der Waals surface area contributed by atoms with Crippen molar-refractivity contribution in [3.63, 3.8) is 0 Å². The van der Waals surface area contributed by atoms with E-state index in [4.69, 9.17) is 0 Å². The summed E-state index contributed by atoms with van der Waals surface area (Å²) in [5.74, 6) is -0.515. The van der Waals surface area contributed by atoms with Gasteiger partial charge in [0, 0.05) is 17.9 Å². The molecule has 4 rings (SSSR count). The van der Waals surface area contributed by atoms with Gasteiger partial charge in [0.25, 0.3) is 0 Å². The van der Waals surface area contributed by atoms with Gasteiger partial charge in [-0.25, -0.2) is 4.79 Å². The van der Waals surface area contributed by atoms with Gasteiger partial charge in [-0.15, -0.1) is 11.3 Å². The van der Waals surface area contributed by atoms with Gasteiger partial charge in [-0.05, 0) is 67.5 Å². The van der Waals surface area contributed by atoms with Crippen LogP contribution in [-0.2, 0) is 16.0 Å². The van der Waals surface area contributed by atoms with Crippen LogP contribution in [-0.4, -0.2) is 37.0 Å². The minimum atomic E-state index is -0.745. The molecule has 1 aliphatic heterocycles. The topological polar surface area (TPSA) is 81.8 Å². The van der Waals surface area contributed by atoms with E-state index in [1.807, 2.05) is 60.8 Å². The Balaban J connectivity index is 1.51. The predicted molar refractivity (Wildman–Crippen MR) is 137 cm³/mol. The van der Waals surface area contributed by atoms with Crippen LogP contribution in [0, 0.1) is 6.92 Å². The minimum Gasteiger partial charge on any atom is -0.329 e. The van der Waals surface area contributed by atoms with Crippen molar-refractivity contribution in [1.82, 2.24) is 5.32 Å². The average molecular weight is 477 g/mol. The zero-order chi connectivity index (χ0) is 24.1. The highest BCUT2D eigenvalue weighted by molar-refractivity contribution is 7.14. The molecular weight excluding hydrogens is 448 g/mol. The van der Waals surface area contributed by atoms with E-state index in [1.165, 1.54) is 16.2 Å². The van der Waals surface area contributed by atoms with Crippen LogP contribution in [0.15, 0.2) is 66.0 Å². The molecule has 7 nitrogen and oxygen atoms in total. The van der Waals surface area contributed by atoms with Gasteiger partial charge in [-0.1, -0.05) is 36.4 Å². The molecule has 0 saturated carbocycles. The summed E-state index contributed by atoms with van der Waals surface area (Å²) in [4.78, 5) is 42.5. The molecule has 0 fully saturated rings. The second-order valence-electron chi connectivity index (χ2n) is 8.24. The van der Waals surface area contributed by atoms with Gasteiger partial charge in [0.1, 0.15) is 6.04 Å². The number of fused-ring (bicyclic) bond motifs is 1. The smallest absolute Gasteiger partial charge is 0.320 e. The van der Waals surface area contributed by atoms with E-state index in [0.717, 1.165) is 34.7 Å². The van der Waals surface area contributed by atoms with Crippen molar-refractivity contribution in [3.05, 3.63) is 77.2 Å². The van der Waals surface area contributed by atoms with Gasteiger partial charge in [0.15, 0.2) is 0 Å². The first kappa shape index (κ1) is 23.5. The van der Waals surface area contributed by atoms with Gasteiger partial charge in [-0.2, -0.15) is 0 Å². The minimum absolute atomic E-state index is 0.150. The van der Waals surface area contributed by atoms with Crippen LogP contribution in [0.5, 0.6) is 0 Å². The summed E-state index contributed by atoms with van der Waals surface area (Å²) in [5, 5.41) is 8.01. The van der Waals surface area contributed by atoms with Crippen molar-refractivity contribution < 1.29 is 14.4 Å². The number of thiophene rings is 1. The molecule has 2 aromatic carbocycles. The molecule has 0 radical (unpaired) electrons. The highest BCUT2D eigenvalue weighted by Gasteiger charge is 2.33. The summed E-state index contributed by atoms with van der Waals surface area (Å²) in [6, 6.07) is 17.7. The predicted octanol–water partition coefficient (Wildman–Crippen LogP) is 4.58. The Labute approximate surface area is 203 Å². The lowest BCUT2D eigenvalue weighted by Crippen LogP contribution is -2.53. The number of amides is 4. The standard InChI is InChI=1S/C26H28N4O3S/c1-18-14-16-34-24(18)28-26(33)27-17-23(31)30(21-11-4-3-5-12-21)19(2)25(32)29-15-8-10-20-9-6-7-13-22(20)29/h3-7,9,11-14,16,19H,8,10,15,17H2,1-2H3,(H2,27,28,33). The molecule has 1 atom stereocenters.